The quantitative estimate of drug-likeness (QED) is 0.690. The second kappa shape index (κ2) is 5.57. The number of nitrogens with one attached hydrogen (secondary N) is 1. The Kier molecular flexibility index (Phi) is 5.46. The summed E-state index contributed by atoms with van der Waals surface area (Å²) in [7, 11) is -3.74. The first-order valence-corrected chi connectivity index (χ1v) is 6.98. The molecule has 0 aromatic rings. The molecule has 84 valence electrons. The third-order valence-corrected chi connectivity index (χ3v) is 4.29. The Balaban J connectivity index is 4.42. The average molecular weight is 241 g/mol. The molecule has 0 radical (unpaired) electrons. The van der Waals surface area contributed by atoms with Crippen molar-refractivity contribution in [2.24, 2.45) is 0 Å². The van der Waals surface area contributed by atoms with Crippen LogP contribution in [0.3, 0.4) is 0 Å². The Morgan fingerprint density at radius 1 is 1.50 bits per heavy atom. The van der Waals surface area contributed by atoms with Gasteiger partial charge in [0, 0.05) is 11.8 Å². The Morgan fingerprint density at radius 2 is 2.00 bits per heavy atom. The fourth-order valence-electron chi connectivity index (χ4n) is 0.799. The molecule has 0 heterocycles. The van der Waals surface area contributed by atoms with Crippen molar-refractivity contribution in [3.8, 4) is 0 Å². The summed E-state index contributed by atoms with van der Waals surface area (Å²) in [5.74, 6) is -0.722. The van der Waals surface area contributed by atoms with Crippen LogP contribution in [0.25, 0.3) is 0 Å². The van der Waals surface area contributed by atoms with Gasteiger partial charge in [-0.25, -0.2) is 13.1 Å². The molecule has 2 atom stereocenters. The molecule has 0 saturated carbocycles. The summed E-state index contributed by atoms with van der Waals surface area (Å²) in [6, 6.07) is -0.253. The van der Waals surface area contributed by atoms with Crippen LogP contribution < -0.4 is 4.72 Å². The lowest BCUT2D eigenvalue weighted by atomic mass is 10.4. The van der Waals surface area contributed by atoms with Gasteiger partial charge in [-0.15, -0.1) is 0 Å². The van der Waals surface area contributed by atoms with E-state index in [2.05, 4.69) is 4.72 Å². The number of carbonyl (C=O) groups is 1. The van der Waals surface area contributed by atoms with Crippen molar-refractivity contribution in [1.82, 2.24) is 4.72 Å². The maximum absolute atomic E-state index is 11.4. The van der Waals surface area contributed by atoms with Crippen LogP contribution in [0.15, 0.2) is 0 Å². The van der Waals surface area contributed by atoms with Gasteiger partial charge in [-0.3, -0.25) is 4.79 Å². The summed E-state index contributed by atoms with van der Waals surface area (Å²) in [5.41, 5.74) is 0. The lowest BCUT2D eigenvalue weighted by Crippen LogP contribution is -2.42. The average Bonchev–Trinajstić information content (AvgIpc) is 2.02. The Morgan fingerprint density at radius 3 is 2.36 bits per heavy atom. The minimum atomic E-state index is -3.74. The number of sulfonamides is 1. The van der Waals surface area contributed by atoms with Gasteiger partial charge >= 0.3 is 5.97 Å². The van der Waals surface area contributed by atoms with Crippen molar-refractivity contribution >= 4 is 27.8 Å². The Bertz CT molecular complexity index is 288. The third-order valence-electron chi connectivity index (χ3n) is 1.60. The van der Waals surface area contributed by atoms with E-state index in [-0.39, 0.29) is 6.04 Å². The molecule has 0 spiro atoms. The van der Waals surface area contributed by atoms with Crippen LogP contribution >= 0.6 is 11.8 Å². The molecule has 5 nitrogen and oxygen atoms in total. The highest BCUT2D eigenvalue weighted by Crippen LogP contribution is 2.03. The minimum absolute atomic E-state index is 0.253. The van der Waals surface area contributed by atoms with E-state index in [1.807, 2.05) is 6.26 Å². The van der Waals surface area contributed by atoms with Crippen molar-refractivity contribution in [1.29, 1.82) is 0 Å². The minimum Gasteiger partial charge on any atom is -0.480 e. The fraction of sp³-hybridized carbons (Fsp3) is 0.857. The fourth-order valence-corrected chi connectivity index (χ4v) is 2.60. The molecule has 0 amide bonds. The molecule has 0 aliphatic carbocycles. The van der Waals surface area contributed by atoms with E-state index in [1.54, 1.807) is 6.92 Å². The van der Waals surface area contributed by atoms with Gasteiger partial charge in [0.15, 0.2) is 5.25 Å². The number of thioether (sulfide) groups is 1. The predicted molar refractivity (Wildman–Crippen MR) is 57.0 cm³/mol. The highest BCUT2D eigenvalue weighted by molar-refractivity contribution is 7.98. The lowest BCUT2D eigenvalue weighted by molar-refractivity contribution is -0.136. The normalized spacial score (nSPS) is 16.2. The van der Waals surface area contributed by atoms with Crippen LogP contribution in [0.5, 0.6) is 0 Å². The van der Waals surface area contributed by atoms with E-state index in [4.69, 9.17) is 5.11 Å². The summed E-state index contributed by atoms with van der Waals surface area (Å²) in [6.45, 7) is 2.85. The molecule has 2 unspecified atom stereocenters. The first-order valence-electron chi connectivity index (χ1n) is 4.04. The molecule has 0 aliphatic rings. The van der Waals surface area contributed by atoms with Crippen LogP contribution in [0.1, 0.15) is 13.8 Å². The standard InChI is InChI=1S/C7H15NO4S2/c1-5(4-13-3)8-14(11,12)6(2)7(9)10/h5-6,8H,4H2,1-3H3,(H,9,10). The summed E-state index contributed by atoms with van der Waals surface area (Å²) in [5, 5.41) is 7.13. The second-order valence-corrected chi connectivity index (χ2v) is 5.94. The molecule has 0 fully saturated rings. The maximum atomic E-state index is 11.4. The van der Waals surface area contributed by atoms with Crippen LogP contribution in [0, 0.1) is 0 Å². The summed E-state index contributed by atoms with van der Waals surface area (Å²) < 4.78 is 25.0. The van der Waals surface area contributed by atoms with E-state index in [9.17, 15) is 13.2 Å². The maximum Gasteiger partial charge on any atom is 0.323 e. The lowest BCUT2D eigenvalue weighted by Gasteiger charge is -2.15. The molecular weight excluding hydrogens is 226 g/mol. The number of carboxylic acid groups (broad SMARTS) is 1. The molecular formula is C7H15NO4S2. The number of aliphatic carboxylic acids is 1. The van der Waals surface area contributed by atoms with Crippen molar-refractivity contribution < 1.29 is 18.3 Å². The summed E-state index contributed by atoms with van der Waals surface area (Å²) in [4.78, 5) is 10.5. The molecule has 0 bridgehead atoms. The smallest absolute Gasteiger partial charge is 0.323 e. The zero-order chi connectivity index (χ0) is 11.4. The number of hydrogen-bond donors (Lipinski definition) is 2. The van der Waals surface area contributed by atoms with Gasteiger partial charge < -0.3 is 5.11 Å². The number of rotatable bonds is 6. The van der Waals surface area contributed by atoms with Gasteiger partial charge in [0.05, 0.1) is 0 Å². The molecule has 7 heteroatoms. The summed E-state index contributed by atoms with van der Waals surface area (Å²) in [6.07, 6.45) is 1.85. The zero-order valence-electron chi connectivity index (χ0n) is 8.35. The SMILES string of the molecule is CSCC(C)NS(=O)(=O)C(C)C(=O)O. The van der Waals surface area contributed by atoms with Crippen molar-refractivity contribution in [3.05, 3.63) is 0 Å². The van der Waals surface area contributed by atoms with Gasteiger partial charge in [-0.2, -0.15) is 11.8 Å². The predicted octanol–water partition coefficient (Wildman–Crippen LogP) is 0.130. The Labute approximate surface area is 88.3 Å². The number of hydrogen-bond acceptors (Lipinski definition) is 4. The van der Waals surface area contributed by atoms with Crippen LogP contribution in [-0.4, -0.2) is 42.8 Å². The highest BCUT2D eigenvalue weighted by Gasteiger charge is 2.28. The van der Waals surface area contributed by atoms with E-state index < -0.39 is 21.2 Å². The number of carboxylic acids is 1. The molecule has 0 aliphatic heterocycles. The van der Waals surface area contributed by atoms with Crippen LogP contribution in [-0.2, 0) is 14.8 Å². The Hall–Kier alpha value is -0.270. The van der Waals surface area contributed by atoms with E-state index >= 15 is 0 Å². The van der Waals surface area contributed by atoms with E-state index in [0.717, 1.165) is 6.92 Å². The molecule has 14 heavy (non-hydrogen) atoms. The topological polar surface area (TPSA) is 83.5 Å². The summed E-state index contributed by atoms with van der Waals surface area (Å²) >= 11 is 1.50. The largest absolute Gasteiger partial charge is 0.480 e. The van der Waals surface area contributed by atoms with E-state index in [0.29, 0.717) is 5.75 Å². The molecule has 0 aromatic carbocycles. The van der Waals surface area contributed by atoms with E-state index in [1.165, 1.54) is 11.8 Å². The molecule has 0 aromatic heterocycles. The van der Waals surface area contributed by atoms with Crippen LogP contribution in [0.2, 0.25) is 0 Å². The molecule has 2 N–H and O–H groups in total. The van der Waals surface area contributed by atoms with Crippen molar-refractivity contribution in [3.63, 3.8) is 0 Å². The van der Waals surface area contributed by atoms with Crippen molar-refractivity contribution in [2.75, 3.05) is 12.0 Å². The first-order chi connectivity index (χ1) is 6.31. The van der Waals surface area contributed by atoms with Crippen LogP contribution in [0.4, 0.5) is 0 Å². The monoisotopic (exact) mass is 241 g/mol. The van der Waals surface area contributed by atoms with Gasteiger partial charge in [-0.1, -0.05) is 0 Å². The highest BCUT2D eigenvalue weighted by atomic mass is 32.2. The second-order valence-electron chi connectivity index (χ2n) is 3.00. The van der Waals surface area contributed by atoms with Gasteiger partial charge in [0.1, 0.15) is 0 Å². The first kappa shape index (κ1) is 13.7. The zero-order valence-corrected chi connectivity index (χ0v) is 9.98. The molecule has 0 rings (SSSR count). The van der Waals surface area contributed by atoms with Crippen molar-refractivity contribution in [2.45, 2.75) is 25.1 Å². The molecule has 0 saturated heterocycles. The van der Waals surface area contributed by atoms with Gasteiger partial charge in [0.2, 0.25) is 10.0 Å². The van der Waals surface area contributed by atoms with Gasteiger partial charge in [-0.05, 0) is 20.1 Å². The third kappa shape index (κ3) is 4.30. The van der Waals surface area contributed by atoms with Gasteiger partial charge in [0.25, 0.3) is 0 Å².